The Kier molecular flexibility index (Phi) is 1.48. The maximum Gasteiger partial charge on any atom is 0.309 e. The molecule has 68 valence electrons. The van der Waals surface area contributed by atoms with Crippen molar-refractivity contribution in [1.29, 1.82) is 0 Å². The second kappa shape index (κ2) is 2.21. The van der Waals surface area contributed by atoms with Gasteiger partial charge in [0.1, 0.15) is 5.67 Å². The van der Waals surface area contributed by atoms with Crippen LogP contribution in [0.1, 0.15) is 38.5 Å². The van der Waals surface area contributed by atoms with E-state index in [0.717, 1.165) is 0 Å². The maximum atomic E-state index is 13.6. The lowest BCUT2D eigenvalue weighted by molar-refractivity contribution is -0.159. The molecule has 3 heteroatoms. The molecule has 0 aromatic carbocycles. The first kappa shape index (κ1) is 8.02. The Balaban J connectivity index is 2.20. The van der Waals surface area contributed by atoms with E-state index in [1.807, 2.05) is 0 Å². The van der Waals surface area contributed by atoms with Crippen molar-refractivity contribution in [2.45, 2.75) is 44.2 Å². The van der Waals surface area contributed by atoms with E-state index in [4.69, 9.17) is 5.11 Å². The first-order valence-electron chi connectivity index (χ1n) is 4.49. The molecule has 0 aliphatic heterocycles. The van der Waals surface area contributed by atoms with Crippen molar-refractivity contribution < 1.29 is 14.3 Å². The lowest BCUT2D eigenvalue weighted by Gasteiger charge is -2.46. The molecule has 0 radical (unpaired) electrons. The lowest BCUT2D eigenvalue weighted by atomic mass is 9.59. The number of alkyl halides is 1. The number of halogens is 1. The largest absolute Gasteiger partial charge is 0.481 e. The molecule has 0 aromatic rings. The first-order valence-corrected chi connectivity index (χ1v) is 4.49. The highest BCUT2D eigenvalue weighted by Crippen LogP contribution is 2.54. The summed E-state index contributed by atoms with van der Waals surface area (Å²) in [5.74, 6) is -0.718. The summed E-state index contributed by atoms with van der Waals surface area (Å²) in [6, 6.07) is 0. The van der Waals surface area contributed by atoms with Gasteiger partial charge in [0.25, 0.3) is 0 Å². The molecule has 3 saturated carbocycles. The molecule has 1 N–H and O–H groups in total. The SMILES string of the molecule is O=C(O)C12CCC(F)(CC1)CC2. The summed E-state index contributed by atoms with van der Waals surface area (Å²) in [5.41, 5.74) is -1.58. The van der Waals surface area contributed by atoms with Gasteiger partial charge in [-0.1, -0.05) is 0 Å². The van der Waals surface area contributed by atoms with Crippen LogP contribution in [0.4, 0.5) is 4.39 Å². The molecule has 0 amide bonds. The van der Waals surface area contributed by atoms with Gasteiger partial charge in [0.2, 0.25) is 0 Å². The van der Waals surface area contributed by atoms with Gasteiger partial charge in [0.15, 0.2) is 0 Å². The van der Waals surface area contributed by atoms with Crippen LogP contribution < -0.4 is 0 Å². The molecular weight excluding hydrogens is 159 g/mol. The zero-order chi connectivity index (χ0) is 8.82. The van der Waals surface area contributed by atoms with Crippen molar-refractivity contribution in [3.05, 3.63) is 0 Å². The van der Waals surface area contributed by atoms with Crippen molar-refractivity contribution >= 4 is 5.97 Å². The van der Waals surface area contributed by atoms with E-state index in [2.05, 4.69) is 0 Å². The summed E-state index contributed by atoms with van der Waals surface area (Å²) in [4.78, 5) is 10.9. The maximum absolute atomic E-state index is 13.6. The lowest BCUT2D eigenvalue weighted by Crippen LogP contribution is -2.47. The molecule has 2 bridgehead atoms. The van der Waals surface area contributed by atoms with Crippen LogP contribution in [0.5, 0.6) is 0 Å². The van der Waals surface area contributed by atoms with Crippen LogP contribution in [0.25, 0.3) is 0 Å². The third-order valence-corrected chi connectivity index (χ3v) is 3.61. The van der Waals surface area contributed by atoms with E-state index in [-0.39, 0.29) is 0 Å². The average Bonchev–Trinajstić information content (AvgIpc) is 2.06. The smallest absolute Gasteiger partial charge is 0.309 e. The van der Waals surface area contributed by atoms with Gasteiger partial charge < -0.3 is 5.11 Å². The zero-order valence-corrected chi connectivity index (χ0v) is 6.98. The second-order valence-corrected chi connectivity index (χ2v) is 4.24. The minimum absolute atomic E-state index is 0.458. The topological polar surface area (TPSA) is 37.3 Å². The van der Waals surface area contributed by atoms with Crippen LogP contribution in [-0.2, 0) is 4.79 Å². The summed E-state index contributed by atoms with van der Waals surface area (Å²) in [7, 11) is 0. The molecule has 3 rings (SSSR count). The van der Waals surface area contributed by atoms with Crippen molar-refractivity contribution in [2.24, 2.45) is 5.41 Å². The van der Waals surface area contributed by atoms with Gasteiger partial charge >= 0.3 is 5.97 Å². The summed E-state index contributed by atoms with van der Waals surface area (Å²) in [5, 5.41) is 8.97. The number of aliphatic carboxylic acids is 1. The van der Waals surface area contributed by atoms with E-state index in [1.165, 1.54) is 0 Å². The number of rotatable bonds is 1. The molecule has 12 heavy (non-hydrogen) atoms. The minimum Gasteiger partial charge on any atom is -0.481 e. The fourth-order valence-electron chi connectivity index (χ4n) is 2.46. The van der Waals surface area contributed by atoms with Crippen molar-refractivity contribution in [2.75, 3.05) is 0 Å². The van der Waals surface area contributed by atoms with Gasteiger partial charge in [-0.3, -0.25) is 4.79 Å². The quantitative estimate of drug-likeness (QED) is 0.657. The predicted molar refractivity (Wildman–Crippen MR) is 41.6 cm³/mol. The van der Waals surface area contributed by atoms with Crippen LogP contribution in [0.2, 0.25) is 0 Å². The van der Waals surface area contributed by atoms with Crippen LogP contribution >= 0.6 is 0 Å². The Morgan fingerprint density at radius 1 is 1.08 bits per heavy atom. The molecule has 0 unspecified atom stereocenters. The van der Waals surface area contributed by atoms with E-state index >= 15 is 0 Å². The van der Waals surface area contributed by atoms with Crippen molar-refractivity contribution in [3.8, 4) is 0 Å². The van der Waals surface area contributed by atoms with Gasteiger partial charge in [-0.15, -0.1) is 0 Å². The molecule has 0 saturated heterocycles. The fourth-order valence-corrected chi connectivity index (χ4v) is 2.46. The van der Waals surface area contributed by atoms with Gasteiger partial charge in [0.05, 0.1) is 5.41 Å². The number of hydrogen-bond acceptors (Lipinski definition) is 1. The molecule has 0 spiro atoms. The summed E-state index contributed by atoms with van der Waals surface area (Å²) < 4.78 is 13.6. The molecular formula is C9H13FO2. The third kappa shape index (κ3) is 0.952. The number of hydrogen-bond donors (Lipinski definition) is 1. The molecule has 3 fully saturated rings. The Bertz CT molecular complexity index is 200. The van der Waals surface area contributed by atoms with Crippen LogP contribution in [0.3, 0.4) is 0 Å². The van der Waals surface area contributed by atoms with Gasteiger partial charge in [-0.25, -0.2) is 4.39 Å². The molecule has 0 heterocycles. The van der Waals surface area contributed by atoms with Crippen LogP contribution in [0.15, 0.2) is 0 Å². The van der Waals surface area contributed by atoms with Crippen LogP contribution in [0, 0.1) is 5.41 Å². The molecule has 0 aromatic heterocycles. The Hall–Kier alpha value is -0.600. The number of fused-ring (bicyclic) bond motifs is 3. The van der Waals surface area contributed by atoms with E-state index in [1.54, 1.807) is 0 Å². The molecule has 3 aliphatic rings. The standard InChI is InChI=1S/C9H13FO2/c10-9-4-1-8(2-5-9,3-6-9)7(11)12/h1-6H2,(H,11,12). The summed E-state index contributed by atoms with van der Waals surface area (Å²) in [6.07, 6.45) is 2.99. The predicted octanol–water partition coefficient (Wildman–Crippen LogP) is 2.13. The van der Waals surface area contributed by atoms with Crippen molar-refractivity contribution in [3.63, 3.8) is 0 Å². The normalized spacial score (nSPS) is 46.1. The minimum atomic E-state index is -1.02. The summed E-state index contributed by atoms with van der Waals surface area (Å²) in [6.45, 7) is 0. The van der Waals surface area contributed by atoms with E-state index in [0.29, 0.717) is 38.5 Å². The Morgan fingerprint density at radius 3 is 1.83 bits per heavy atom. The number of carboxylic acid groups (broad SMARTS) is 1. The van der Waals surface area contributed by atoms with Crippen LogP contribution in [-0.4, -0.2) is 16.7 Å². The second-order valence-electron chi connectivity index (χ2n) is 4.24. The summed E-state index contributed by atoms with van der Waals surface area (Å²) >= 11 is 0. The molecule has 3 aliphatic carbocycles. The highest BCUT2D eigenvalue weighted by Gasteiger charge is 2.52. The average molecular weight is 172 g/mol. The Labute approximate surface area is 70.8 Å². The monoisotopic (exact) mass is 172 g/mol. The zero-order valence-electron chi connectivity index (χ0n) is 6.98. The number of carbonyl (C=O) groups is 1. The van der Waals surface area contributed by atoms with Gasteiger partial charge in [0, 0.05) is 0 Å². The van der Waals surface area contributed by atoms with E-state index < -0.39 is 17.1 Å². The van der Waals surface area contributed by atoms with E-state index in [9.17, 15) is 9.18 Å². The highest BCUT2D eigenvalue weighted by molar-refractivity contribution is 5.75. The number of carboxylic acids is 1. The van der Waals surface area contributed by atoms with Gasteiger partial charge in [-0.2, -0.15) is 0 Å². The third-order valence-electron chi connectivity index (χ3n) is 3.61. The molecule has 2 nitrogen and oxygen atoms in total. The molecule has 0 atom stereocenters. The first-order chi connectivity index (χ1) is 5.56. The fraction of sp³-hybridized carbons (Fsp3) is 0.889. The van der Waals surface area contributed by atoms with Crippen molar-refractivity contribution in [1.82, 2.24) is 0 Å². The van der Waals surface area contributed by atoms with Gasteiger partial charge in [-0.05, 0) is 38.5 Å². The highest BCUT2D eigenvalue weighted by atomic mass is 19.1. The Morgan fingerprint density at radius 2 is 1.50 bits per heavy atom.